The van der Waals surface area contributed by atoms with Gasteiger partial charge < -0.3 is 20.8 Å². The van der Waals surface area contributed by atoms with Crippen LogP contribution in [0.3, 0.4) is 0 Å². The van der Waals surface area contributed by atoms with Crippen molar-refractivity contribution >= 4 is 11.8 Å². The van der Waals surface area contributed by atoms with Crippen LogP contribution in [0, 0.1) is 5.92 Å². The van der Waals surface area contributed by atoms with Gasteiger partial charge in [0.05, 0.1) is 13.2 Å². The number of hydrogen-bond donors (Lipinski definition) is 4. The maximum atomic E-state index is 11.9. The maximum Gasteiger partial charge on any atom is 0.232 e. The summed E-state index contributed by atoms with van der Waals surface area (Å²) < 4.78 is 0. The molecule has 20 heavy (non-hydrogen) atoms. The molecule has 0 aliphatic rings. The normalized spacial score (nSPS) is 10.6. The molecule has 2 amide bonds. The molecule has 0 aliphatic heterocycles. The Morgan fingerprint density at radius 2 is 1.40 bits per heavy atom. The van der Waals surface area contributed by atoms with Gasteiger partial charge in [-0.1, -0.05) is 39.0 Å². The van der Waals surface area contributed by atoms with Crippen LogP contribution >= 0.6 is 0 Å². The van der Waals surface area contributed by atoms with Crippen LogP contribution in [0.25, 0.3) is 0 Å². The van der Waals surface area contributed by atoms with E-state index in [0.717, 1.165) is 32.1 Å². The lowest BCUT2D eigenvalue weighted by Gasteiger charge is -2.16. The Morgan fingerprint density at radius 1 is 0.900 bits per heavy atom. The number of amides is 2. The SMILES string of the molecule is CCCCCCCC(C(=O)NCCO)C(=O)NCCO. The number of carbonyl (C=O) groups is 2. The van der Waals surface area contributed by atoms with Crippen molar-refractivity contribution in [3.63, 3.8) is 0 Å². The van der Waals surface area contributed by atoms with E-state index in [1.54, 1.807) is 0 Å². The van der Waals surface area contributed by atoms with Crippen LogP contribution < -0.4 is 10.6 Å². The standard InChI is InChI=1S/C14H28N2O4/c1-2-3-4-5-6-7-12(13(19)15-8-10-17)14(20)16-9-11-18/h12,17-18H,2-11H2,1H3,(H,15,19)(H,16,20). The molecule has 0 unspecified atom stereocenters. The smallest absolute Gasteiger partial charge is 0.232 e. The molecule has 0 rings (SSSR count). The first kappa shape index (κ1) is 18.9. The van der Waals surface area contributed by atoms with Crippen molar-refractivity contribution in [2.45, 2.75) is 45.4 Å². The molecule has 0 saturated heterocycles. The minimum absolute atomic E-state index is 0.146. The predicted molar refractivity (Wildman–Crippen MR) is 77.1 cm³/mol. The zero-order valence-electron chi connectivity index (χ0n) is 12.4. The number of aliphatic hydroxyl groups excluding tert-OH is 2. The molecule has 6 nitrogen and oxygen atoms in total. The van der Waals surface area contributed by atoms with Crippen molar-refractivity contribution in [1.82, 2.24) is 10.6 Å². The van der Waals surface area contributed by atoms with Crippen molar-refractivity contribution < 1.29 is 19.8 Å². The van der Waals surface area contributed by atoms with Crippen LogP contribution in [0.2, 0.25) is 0 Å². The van der Waals surface area contributed by atoms with Crippen molar-refractivity contribution in [2.75, 3.05) is 26.3 Å². The highest BCUT2D eigenvalue weighted by Crippen LogP contribution is 2.12. The predicted octanol–water partition coefficient (Wildman–Crippen LogP) is 0.180. The Labute approximate surface area is 120 Å². The average molecular weight is 288 g/mol. The molecule has 0 radical (unpaired) electrons. The third-order valence-corrected chi connectivity index (χ3v) is 3.05. The summed E-state index contributed by atoms with van der Waals surface area (Å²) in [6.45, 7) is 2.14. The lowest BCUT2D eigenvalue weighted by molar-refractivity contribution is -0.135. The zero-order chi connectivity index (χ0) is 15.2. The molecule has 0 aliphatic carbocycles. The van der Waals surface area contributed by atoms with Crippen LogP contribution in [0.1, 0.15) is 45.4 Å². The highest BCUT2D eigenvalue weighted by molar-refractivity contribution is 6.00. The quantitative estimate of drug-likeness (QED) is 0.304. The van der Waals surface area contributed by atoms with Gasteiger partial charge >= 0.3 is 0 Å². The van der Waals surface area contributed by atoms with E-state index in [4.69, 9.17) is 10.2 Å². The summed E-state index contributed by atoms with van der Waals surface area (Å²) in [5, 5.41) is 22.5. The number of unbranched alkanes of at least 4 members (excludes halogenated alkanes) is 4. The van der Waals surface area contributed by atoms with Crippen LogP contribution in [0.15, 0.2) is 0 Å². The van der Waals surface area contributed by atoms with Gasteiger partial charge in [0, 0.05) is 13.1 Å². The summed E-state index contributed by atoms with van der Waals surface area (Å²) in [4.78, 5) is 23.8. The molecule has 0 fully saturated rings. The zero-order valence-corrected chi connectivity index (χ0v) is 12.4. The van der Waals surface area contributed by atoms with Gasteiger partial charge in [0.2, 0.25) is 11.8 Å². The Kier molecular flexibility index (Phi) is 12.1. The molecular formula is C14H28N2O4. The average Bonchev–Trinajstić information content (AvgIpc) is 2.46. The largest absolute Gasteiger partial charge is 0.395 e. The molecule has 0 saturated carbocycles. The molecule has 0 aromatic heterocycles. The topological polar surface area (TPSA) is 98.7 Å². The maximum absolute atomic E-state index is 11.9. The van der Waals surface area contributed by atoms with Gasteiger partial charge in [0.25, 0.3) is 0 Å². The molecule has 118 valence electrons. The summed E-state index contributed by atoms with van der Waals surface area (Å²) >= 11 is 0. The number of carbonyl (C=O) groups excluding carboxylic acids is 2. The van der Waals surface area contributed by atoms with Crippen LogP contribution in [-0.2, 0) is 9.59 Å². The molecular weight excluding hydrogens is 260 g/mol. The number of hydrogen-bond acceptors (Lipinski definition) is 4. The molecule has 0 bridgehead atoms. The Morgan fingerprint density at radius 3 is 1.85 bits per heavy atom. The van der Waals surface area contributed by atoms with E-state index in [1.807, 2.05) is 0 Å². The highest BCUT2D eigenvalue weighted by Gasteiger charge is 2.25. The molecule has 0 aromatic rings. The second-order valence-corrected chi connectivity index (χ2v) is 4.78. The lowest BCUT2D eigenvalue weighted by atomic mass is 9.98. The van der Waals surface area contributed by atoms with E-state index >= 15 is 0 Å². The van der Waals surface area contributed by atoms with E-state index in [2.05, 4.69) is 17.6 Å². The molecule has 0 aromatic carbocycles. The second kappa shape index (κ2) is 12.9. The Bertz CT molecular complexity index is 252. The van der Waals surface area contributed by atoms with Crippen LogP contribution in [-0.4, -0.2) is 48.3 Å². The molecule has 6 heteroatoms. The molecule has 0 atom stereocenters. The third-order valence-electron chi connectivity index (χ3n) is 3.05. The minimum Gasteiger partial charge on any atom is -0.395 e. The van der Waals surface area contributed by atoms with Gasteiger partial charge in [0.1, 0.15) is 5.92 Å². The number of nitrogens with one attached hydrogen (secondary N) is 2. The third kappa shape index (κ3) is 8.87. The second-order valence-electron chi connectivity index (χ2n) is 4.78. The van der Waals surface area contributed by atoms with Crippen molar-refractivity contribution in [1.29, 1.82) is 0 Å². The number of rotatable bonds is 12. The molecule has 0 spiro atoms. The summed E-state index contributed by atoms with van der Waals surface area (Å²) in [5.74, 6) is -1.45. The Balaban J connectivity index is 4.23. The van der Waals surface area contributed by atoms with Crippen molar-refractivity contribution in [3.05, 3.63) is 0 Å². The first-order chi connectivity index (χ1) is 9.67. The summed E-state index contributed by atoms with van der Waals surface area (Å²) in [6, 6.07) is 0. The first-order valence-corrected chi connectivity index (χ1v) is 7.44. The summed E-state index contributed by atoms with van der Waals surface area (Å²) in [5.41, 5.74) is 0. The van der Waals surface area contributed by atoms with E-state index in [-0.39, 0.29) is 38.1 Å². The first-order valence-electron chi connectivity index (χ1n) is 7.44. The Hall–Kier alpha value is -1.14. The van der Waals surface area contributed by atoms with Crippen molar-refractivity contribution in [2.24, 2.45) is 5.92 Å². The minimum atomic E-state index is -0.741. The lowest BCUT2D eigenvalue weighted by Crippen LogP contribution is -2.42. The number of aliphatic hydroxyl groups is 2. The fourth-order valence-electron chi connectivity index (χ4n) is 1.94. The van der Waals surface area contributed by atoms with Gasteiger partial charge in [0.15, 0.2) is 0 Å². The fourth-order valence-corrected chi connectivity index (χ4v) is 1.94. The van der Waals surface area contributed by atoms with E-state index < -0.39 is 5.92 Å². The molecule has 4 N–H and O–H groups in total. The van der Waals surface area contributed by atoms with Crippen molar-refractivity contribution in [3.8, 4) is 0 Å². The van der Waals surface area contributed by atoms with E-state index in [0.29, 0.717) is 6.42 Å². The van der Waals surface area contributed by atoms with Gasteiger partial charge in [-0.3, -0.25) is 9.59 Å². The van der Waals surface area contributed by atoms with Gasteiger partial charge in [-0.25, -0.2) is 0 Å². The molecule has 0 heterocycles. The van der Waals surface area contributed by atoms with Crippen LogP contribution in [0.5, 0.6) is 0 Å². The fraction of sp³-hybridized carbons (Fsp3) is 0.857. The van der Waals surface area contributed by atoms with Crippen LogP contribution in [0.4, 0.5) is 0 Å². The van der Waals surface area contributed by atoms with E-state index in [1.165, 1.54) is 0 Å². The van der Waals surface area contributed by atoms with E-state index in [9.17, 15) is 9.59 Å². The van der Waals surface area contributed by atoms with Gasteiger partial charge in [-0.15, -0.1) is 0 Å². The van der Waals surface area contributed by atoms with Gasteiger partial charge in [-0.05, 0) is 6.42 Å². The summed E-state index contributed by atoms with van der Waals surface area (Å²) in [6.07, 6.45) is 5.75. The highest BCUT2D eigenvalue weighted by atomic mass is 16.3. The monoisotopic (exact) mass is 288 g/mol. The summed E-state index contributed by atoms with van der Waals surface area (Å²) in [7, 11) is 0. The van der Waals surface area contributed by atoms with Gasteiger partial charge in [-0.2, -0.15) is 0 Å².